The van der Waals surface area contributed by atoms with E-state index in [1.807, 2.05) is 0 Å². The molecule has 116 valence electrons. The minimum atomic E-state index is 0.479. The van der Waals surface area contributed by atoms with E-state index in [1.54, 1.807) is 0 Å². The Kier molecular flexibility index (Phi) is 4.42. The summed E-state index contributed by atoms with van der Waals surface area (Å²) in [7, 11) is 0. The molecule has 2 saturated carbocycles. The number of rotatable bonds is 3. The van der Waals surface area contributed by atoms with Crippen molar-refractivity contribution in [1.82, 2.24) is 10.2 Å². The van der Waals surface area contributed by atoms with E-state index in [9.17, 15) is 0 Å². The van der Waals surface area contributed by atoms with Crippen LogP contribution in [0.1, 0.15) is 65.7 Å². The van der Waals surface area contributed by atoms with Gasteiger partial charge in [0.15, 0.2) is 0 Å². The molecule has 3 atom stereocenters. The lowest BCUT2D eigenvalue weighted by molar-refractivity contribution is 0.0400. The van der Waals surface area contributed by atoms with Gasteiger partial charge in [-0.2, -0.15) is 0 Å². The molecule has 0 bridgehead atoms. The molecule has 1 aliphatic heterocycles. The SMILES string of the molecule is CC(C)C1CNC2(CCCC2)CN1CC1CCCC1C. The van der Waals surface area contributed by atoms with Crippen LogP contribution in [-0.2, 0) is 0 Å². The second kappa shape index (κ2) is 5.96. The second-order valence-corrected chi connectivity index (χ2v) is 8.28. The van der Waals surface area contributed by atoms with Gasteiger partial charge in [0, 0.05) is 31.2 Å². The zero-order valence-electron chi connectivity index (χ0n) is 13.8. The molecule has 0 aromatic rings. The molecule has 1 saturated heterocycles. The fraction of sp³-hybridized carbons (Fsp3) is 1.00. The van der Waals surface area contributed by atoms with Crippen LogP contribution < -0.4 is 5.32 Å². The zero-order chi connectivity index (χ0) is 14.2. The standard InChI is InChI=1S/C18H34N2/c1-14(2)17-11-19-18(9-4-5-10-18)13-20(17)12-16-8-6-7-15(16)3/h14-17,19H,4-13H2,1-3H3. The van der Waals surface area contributed by atoms with E-state index in [4.69, 9.17) is 0 Å². The van der Waals surface area contributed by atoms with Crippen molar-refractivity contribution in [1.29, 1.82) is 0 Å². The van der Waals surface area contributed by atoms with Crippen molar-refractivity contribution in [3.63, 3.8) is 0 Å². The third-order valence-corrected chi connectivity index (χ3v) is 6.50. The topological polar surface area (TPSA) is 15.3 Å². The lowest BCUT2D eigenvalue weighted by Crippen LogP contribution is -2.65. The fourth-order valence-corrected chi connectivity index (χ4v) is 5.05. The van der Waals surface area contributed by atoms with Gasteiger partial charge in [-0.3, -0.25) is 4.90 Å². The molecular formula is C18H34N2. The summed E-state index contributed by atoms with van der Waals surface area (Å²) in [5, 5.41) is 3.95. The highest BCUT2D eigenvalue weighted by Gasteiger charge is 2.42. The molecule has 0 amide bonds. The highest BCUT2D eigenvalue weighted by Crippen LogP contribution is 2.37. The average molecular weight is 278 g/mol. The van der Waals surface area contributed by atoms with Crippen LogP contribution in [0.3, 0.4) is 0 Å². The van der Waals surface area contributed by atoms with Gasteiger partial charge in [-0.15, -0.1) is 0 Å². The molecule has 3 aliphatic rings. The summed E-state index contributed by atoms with van der Waals surface area (Å²) in [5.74, 6) is 2.70. The molecule has 1 N–H and O–H groups in total. The van der Waals surface area contributed by atoms with Crippen molar-refractivity contribution in [2.75, 3.05) is 19.6 Å². The van der Waals surface area contributed by atoms with Crippen LogP contribution in [-0.4, -0.2) is 36.1 Å². The summed E-state index contributed by atoms with van der Waals surface area (Å²) in [5.41, 5.74) is 0.479. The van der Waals surface area contributed by atoms with Gasteiger partial charge in [0.25, 0.3) is 0 Å². The number of hydrogen-bond donors (Lipinski definition) is 1. The number of nitrogens with zero attached hydrogens (tertiary/aromatic N) is 1. The minimum Gasteiger partial charge on any atom is -0.308 e. The Balaban J connectivity index is 1.68. The van der Waals surface area contributed by atoms with Gasteiger partial charge >= 0.3 is 0 Å². The number of hydrogen-bond acceptors (Lipinski definition) is 2. The summed E-state index contributed by atoms with van der Waals surface area (Å²) in [6.07, 6.45) is 10.1. The molecule has 2 nitrogen and oxygen atoms in total. The van der Waals surface area contributed by atoms with Crippen LogP contribution >= 0.6 is 0 Å². The van der Waals surface area contributed by atoms with Crippen molar-refractivity contribution < 1.29 is 0 Å². The first-order chi connectivity index (χ1) is 9.60. The molecule has 2 heteroatoms. The Morgan fingerprint density at radius 3 is 2.50 bits per heavy atom. The lowest BCUT2D eigenvalue weighted by atomic mass is 9.87. The van der Waals surface area contributed by atoms with Gasteiger partial charge in [-0.1, -0.05) is 46.5 Å². The highest BCUT2D eigenvalue weighted by atomic mass is 15.3. The van der Waals surface area contributed by atoms with E-state index in [2.05, 4.69) is 31.0 Å². The predicted octanol–water partition coefficient (Wildman–Crippen LogP) is 3.67. The molecule has 3 unspecified atom stereocenters. The number of nitrogens with one attached hydrogen (secondary N) is 1. The highest BCUT2D eigenvalue weighted by molar-refractivity contribution is 5.02. The maximum Gasteiger partial charge on any atom is 0.0309 e. The van der Waals surface area contributed by atoms with Gasteiger partial charge < -0.3 is 5.32 Å². The minimum absolute atomic E-state index is 0.479. The van der Waals surface area contributed by atoms with E-state index in [1.165, 1.54) is 64.6 Å². The van der Waals surface area contributed by atoms with Crippen molar-refractivity contribution in [3.05, 3.63) is 0 Å². The molecule has 0 aromatic heterocycles. The third-order valence-electron chi connectivity index (χ3n) is 6.50. The Morgan fingerprint density at radius 2 is 1.90 bits per heavy atom. The largest absolute Gasteiger partial charge is 0.308 e. The molecule has 1 spiro atoms. The Bertz CT molecular complexity index is 319. The normalized spacial score (nSPS) is 38.1. The fourth-order valence-electron chi connectivity index (χ4n) is 5.05. The first-order valence-electron chi connectivity index (χ1n) is 9.09. The van der Waals surface area contributed by atoms with Gasteiger partial charge in [0.2, 0.25) is 0 Å². The Hall–Kier alpha value is -0.0800. The number of piperazine rings is 1. The summed E-state index contributed by atoms with van der Waals surface area (Å²) >= 11 is 0. The van der Waals surface area contributed by atoms with Crippen molar-refractivity contribution in [3.8, 4) is 0 Å². The lowest BCUT2D eigenvalue weighted by Gasteiger charge is -2.49. The van der Waals surface area contributed by atoms with Gasteiger partial charge in [0.1, 0.15) is 0 Å². The van der Waals surface area contributed by atoms with Crippen LogP contribution in [0.4, 0.5) is 0 Å². The molecule has 0 radical (unpaired) electrons. The van der Waals surface area contributed by atoms with E-state index < -0.39 is 0 Å². The summed E-state index contributed by atoms with van der Waals surface area (Å²) in [6.45, 7) is 11.2. The van der Waals surface area contributed by atoms with Crippen molar-refractivity contribution in [2.24, 2.45) is 17.8 Å². The second-order valence-electron chi connectivity index (χ2n) is 8.28. The van der Waals surface area contributed by atoms with Crippen LogP contribution in [0.25, 0.3) is 0 Å². The molecule has 3 fully saturated rings. The third kappa shape index (κ3) is 2.92. The van der Waals surface area contributed by atoms with Crippen LogP contribution in [0.2, 0.25) is 0 Å². The predicted molar refractivity (Wildman–Crippen MR) is 85.9 cm³/mol. The molecule has 1 heterocycles. The van der Waals surface area contributed by atoms with Crippen molar-refractivity contribution >= 4 is 0 Å². The quantitative estimate of drug-likeness (QED) is 0.847. The summed E-state index contributed by atoms with van der Waals surface area (Å²) in [6, 6.07) is 0.758. The van der Waals surface area contributed by atoms with E-state index >= 15 is 0 Å². The summed E-state index contributed by atoms with van der Waals surface area (Å²) in [4.78, 5) is 2.89. The van der Waals surface area contributed by atoms with Gasteiger partial charge in [-0.25, -0.2) is 0 Å². The molecule has 20 heavy (non-hydrogen) atoms. The molecule has 2 aliphatic carbocycles. The zero-order valence-corrected chi connectivity index (χ0v) is 13.8. The van der Waals surface area contributed by atoms with E-state index in [-0.39, 0.29) is 0 Å². The molecule has 3 rings (SSSR count). The first-order valence-corrected chi connectivity index (χ1v) is 9.09. The first kappa shape index (κ1) is 14.8. The van der Waals surface area contributed by atoms with E-state index in [0.717, 1.165) is 23.8 Å². The maximum atomic E-state index is 3.95. The smallest absolute Gasteiger partial charge is 0.0309 e. The van der Waals surface area contributed by atoms with Gasteiger partial charge in [0.05, 0.1) is 0 Å². The van der Waals surface area contributed by atoms with Crippen LogP contribution in [0, 0.1) is 17.8 Å². The summed E-state index contributed by atoms with van der Waals surface area (Å²) < 4.78 is 0. The van der Waals surface area contributed by atoms with Crippen LogP contribution in [0.5, 0.6) is 0 Å². The Morgan fingerprint density at radius 1 is 1.15 bits per heavy atom. The van der Waals surface area contributed by atoms with E-state index in [0.29, 0.717) is 5.54 Å². The molecule has 0 aromatic carbocycles. The van der Waals surface area contributed by atoms with Gasteiger partial charge in [-0.05, 0) is 37.0 Å². The van der Waals surface area contributed by atoms with Crippen molar-refractivity contribution in [2.45, 2.75) is 77.3 Å². The average Bonchev–Trinajstić information content (AvgIpc) is 3.00. The molecular weight excluding hydrogens is 244 g/mol. The van der Waals surface area contributed by atoms with Crippen LogP contribution in [0.15, 0.2) is 0 Å². The monoisotopic (exact) mass is 278 g/mol. The maximum absolute atomic E-state index is 3.95. The Labute approximate surface area is 125 Å².